The number of fused-ring (bicyclic) bond motifs is 1. The van der Waals surface area contributed by atoms with Gasteiger partial charge < -0.3 is 24.6 Å². The predicted octanol–water partition coefficient (Wildman–Crippen LogP) is 3.00. The summed E-state index contributed by atoms with van der Waals surface area (Å²) in [6, 6.07) is 15.8. The fraction of sp³-hybridized carbons (Fsp3) is 0.409. The molecule has 2 aliphatic rings. The van der Waals surface area contributed by atoms with Crippen molar-refractivity contribution in [1.82, 2.24) is 4.90 Å². The van der Waals surface area contributed by atoms with Crippen LogP contribution in [0.5, 0.6) is 11.5 Å². The minimum Gasteiger partial charge on any atom is -0.490 e. The van der Waals surface area contributed by atoms with Gasteiger partial charge in [-0.25, -0.2) is 0 Å². The Hall–Kier alpha value is -2.89. The second-order valence-corrected chi connectivity index (χ2v) is 7.23. The highest BCUT2D eigenvalue weighted by molar-refractivity contribution is 5.84. The van der Waals surface area contributed by atoms with Crippen molar-refractivity contribution in [2.75, 3.05) is 49.6 Å². The van der Waals surface area contributed by atoms with Crippen LogP contribution in [0.25, 0.3) is 0 Å². The smallest absolute Gasteiger partial charge is 0.244 e. The van der Waals surface area contributed by atoms with Crippen LogP contribution in [-0.4, -0.2) is 56.2 Å². The van der Waals surface area contributed by atoms with Crippen LogP contribution < -0.4 is 19.7 Å². The SMILES string of the molecule is C[C@@H](Nc1ccc2c(c1)OCCCO2)C(=O)N1CCN(c2ccccc2)CC1. The molecule has 0 saturated carbocycles. The van der Waals surface area contributed by atoms with E-state index in [1.807, 2.05) is 48.2 Å². The van der Waals surface area contributed by atoms with Crippen molar-refractivity contribution in [1.29, 1.82) is 0 Å². The standard InChI is InChI=1S/C22H27N3O3/c1-17(23-18-8-9-20-21(16-18)28-15-5-14-27-20)22(26)25-12-10-24(11-13-25)19-6-3-2-4-7-19/h2-4,6-9,16-17,23H,5,10-15H2,1H3/t17-/m1/s1. The van der Waals surface area contributed by atoms with Crippen LogP contribution in [-0.2, 0) is 4.79 Å². The lowest BCUT2D eigenvalue weighted by atomic mass is 10.2. The molecule has 0 unspecified atom stereocenters. The highest BCUT2D eigenvalue weighted by Crippen LogP contribution is 2.32. The summed E-state index contributed by atoms with van der Waals surface area (Å²) < 4.78 is 11.4. The Bertz CT molecular complexity index is 804. The maximum Gasteiger partial charge on any atom is 0.244 e. The Morgan fingerprint density at radius 3 is 2.43 bits per heavy atom. The molecule has 0 bridgehead atoms. The van der Waals surface area contributed by atoms with Gasteiger partial charge in [0.1, 0.15) is 6.04 Å². The molecule has 1 atom stereocenters. The average molecular weight is 381 g/mol. The summed E-state index contributed by atoms with van der Waals surface area (Å²) in [6.07, 6.45) is 0.876. The van der Waals surface area contributed by atoms with Crippen molar-refractivity contribution in [2.45, 2.75) is 19.4 Å². The molecule has 0 aliphatic carbocycles. The Labute approximate surface area is 166 Å². The Morgan fingerprint density at radius 1 is 0.964 bits per heavy atom. The average Bonchev–Trinajstić information content (AvgIpc) is 2.99. The molecule has 2 aromatic rings. The van der Waals surface area contributed by atoms with E-state index in [2.05, 4.69) is 22.3 Å². The first-order chi connectivity index (χ1) is 13.7. The van der Waals surface area contributed by atoms with E-state index < -0.39 is 0 Å². The molecular formula is C22H27N3O3. The number of nitrogens with zero attached hydrogens (tertiary/aromatic N) is 2. The van der Waals surface area contributed by atoms with Gasteiger partial charge >= 0.3 is 0 Å². The molecule has 2 heterocycles. The Morgan fingerprint density at radius 2 is 1.68 bits per heavy atom. The number of carbonyl (C=O) groups is 1. The van der Waals surface area contributed by atoms with Crippen molar-refractivity contribution >= 4 is 17.3 Å². The molecule has 0 aromatic heterocycles. The number of carbonyl (C=O) groups excluding carboxylic acids is 1. The fourth-order valence-corrected chi connectivity index (χ4v) is 3.66. The van der Waals surface area contributed by atoms with E-state index in [4.69, 9.17) is 9.47 Å². The zero-order valence-electron chi connectivity index (χ0n) is 16.3. The molecule has 28 heavy (non-hydrogen) atoms. The van der Waals surface area contributed by atoms with E-state index in [0.717, 1.165) is 49.8 Å². The van der Waals surface area contributed by atoms with E-state index in [0.29, 0.717) is 13.2 Å². The lowest BCUT2D eigenvalue weighted by molar-refractivity contribution is -0.131. The first-order valence-electron chi connectivity index (χ1n) is 9.96. The summed E-state index contributed by atoms with van der Waals surface area (Å²) in [4.78, 5) is 17.1. The van der Waals surface area contributed by atoms with Gasteiger partial charge in [0.25, 0.3) is 0 Å². The van der Waals surface area contributed by atoms with Crippen LogP contribution in [0, 0.1) is 0 Å². The number of anilines is 2. The second kappa shape index (κ2) is 8.42. The normalized spacial score (nSPS) is 17.6. The quantitative estimate of drug-likeness (QED) is 0.882. The van der Waals surface area contributed by atoms with Gasteiger partial charge in [0.05, 0.1) is 13.2 Å². The van der Waals surface area contributed by atoms with Crippen LogP contribution in [0.3, 0.4) is 0 Å². The van der Waals surface area contributed by atoms with Crippen LogP contribution in [0.4, 0.5) is 11.4 Å². The van der Waals surface area contributed by atoms with Gasteiger partial charge in [-0.05, 0) is 31.2 Å². The molecular weight excluding hydrogens is 354 g/mol. The van der Waals surface area contributed by atoms with Crippen molar-refractivity contribution in [3.8, 4) is 11.5 Å². The minimum atomic E-state index is -0.298. The van der Waals surface area contributed by atoms with Gasteiger partial charge in [0, 0.05) is 50.0 Å². The van der Waals surface area contributed by atoms with Crippen molar-refractivity contribution in [3.05, 3.63) is 48.5 Å². The summed E-state index contributed by atoms with van der Waals surface area (Å²) in [7, 11) is 0. The van der Waals surface area contributed by atoms with Gasteiger partial charge in [-0.1, -0.05) is 18.2 Å². The number of para-hydroxylation sites is 1. The zero-order valence-corrected chi connectivity index (χ0v) is 16.3. The van der Waals surface area contributed by atoms with E-state index in [1.165, 1.54) is 5.69 Å². The van der Waals surface area contributed by atoms with Gasteiger partial charge in [-0.15, -0.1) is 0 Å². The molecule has 6 heteroatoms. The highest BCUT2D eigenvalue weighted by Gasteiger charge is 2.25. The lowest BCUT2D eigenvalue weighted by Gasteiger charge is -2.37. The molecule has 6 nitrogen and oxygen atoms in total. The third kappa shape index (κ3) is 4.16. The van der Waals surface area contributed by atoms with Crippen LogP contribution in [0.15, 0.2) is 48.5 Å². The molecule has 2 aromatic carbocycles. The summed E-state index contributed by atoms with van der Waals surface area (Å²) >= 11 is 0. The highest BCUT2D eigenvalue weighted by atomic mass is 16.5. The fourth-order valence-electron chi connectivity index (χ4n) is 3.66. The van der Waals surface area contributed by atoms with Gasteiger partial charge in [0.15, 0.2) is 11.5 Å². The Balaban J connectivity index is 1.33. The lowest BCUT2D eigenvalue weighted by Crippen LogP contribution is -2.52. The molecule has 1 N–H and O–H groups in total. The minimum absolute atomic E-state index is 0.125. The number of hydrogen-bond donors (Lipinski definition) is 1. The number of nitrogens with one attached hydrogen (secondary N) is 1. The summed E-state index contributed by atoms with van der Waals surface area (Å²) in [5.74, 6) is 1.62. The molecule has 1 amide bonds. The van der Waals surface area contributed by atoms with Gasteiger partial charge in [-0.2, -0.15) is 0 Å². The molecule has 0 radical (unpaired) electrons. The third-order valence-electron chi connectivity index (χ3n) is 5.21. The Kier molecular flexibility index (Phi) is 5.55. The maximum atomic E-state index is 12.9. The van der Waals surface area contributed by atoms with Crippen LogP contribution >= 0.6 is 0 Å². The monoisotopic (exact) mass is 381 g/mol. The number of piperazine rings is 1. The second-order valence-electron chi connectivity index (χ2n) is 7.23. The van der Waals surface area contributed by atoms with Crippen LogP contribution in [0.2, 0.25) is 0 Å². The number of rotatable bonds is 4. The molecule has 1 saturated heterocycles. The van der Waals surface area contributed by atoms with Crippen LogP contribution in [0.1, 0.15) is 13.3 Å². The largest absolute Gasteiger partial charge is 0.490 e. The van der Waals surface area contributed by atoms with E-state index in [-0.39, 0.29) is 11.9 Å². The number of hydrogen-bond acceptors (Lipinski definition) is 5. The van der Waals surface area contributed by atoms with E-state index >= 15 is 0 Å². The number of benzene rings is 2. The first-order valence-corrected chi connectivity index (χ1v) is 9.96. The molecule has 0 spiro atoms. The van der Waals surface area contributed by atoms with Crippen molar-refractivity contribution < 1.29 is 14.3 Å². The summed E-state index contributed by atoms with van der Waals surface area (Å²) in [5.41, 5.74) is 2.08. The number of ether oxygens (including phenoxy) is 2. The zero-order chi connectivity index (χ0) is 19.3. The molecule has 148 valence electrons. The molecule has 2 aliphatic heterocycles. The predicted molar refractivity (Wildman–Crippen MR) is 110 cm³/mol. The van der Waals surface area contributed by atoms with Crippen molar-refractivity contribution in [2.24, 2.45) is 0 Å². The van der Waals surface area contributed by atoms with E-state index in [1.54, 1.807) is 0 Å². The first kappa shape index (κ1) is 18.5. The van der Waals surface area contributed by atoms with Gasteiger partial charge in [0.2, 0.25) is 5.91 Å². The topological polar surface area (TPSA) is 54.0 Å². The molecule has 4 rings (SSSR count). The summed E-state index contributed by atoms with van der Waals surface area (Å²) in [6.45, 7) is 6.41. The maximum absolute atomic E-state index is 12.9. The number of amides is 1. The van der Waals surface area contributed by atoms with Gasteiger partial charge in [-0.3, -0.25) is 4.79 Å². The van der Waals surface area contributed by atoms with Crippen molar-refractivity contribution in [3.63, 3.8) is 0 Å². The summed E-state index contributed by atoms with van der Waals surface area (Å²) in [5, 5.41) is 3.31. The van der Waals surface area contributed by atoms with E-state index in [9.17, 15) is 4.79 Å². The third-order valence-corrected chi connectivity index (χ3v) is 5.21. The molecule has 1 fully saturated rings.